The van der Waals surface area contributed by atoms with Crippen molar-refractivity contribution in [2.75, 3.05) is 19.6 Å². The Kier molecular flexibility index (Phi) is 6.16. The van der Waals surface area contributed by atoms with Crippen molar-refractivity contribution in [3.8, 4) is 0 Å². The van der Waals surface area contributed by atoms with Crippen molar-refractivity contribution in [1.29, 1.82) is 0 Å². The lowest BCUT2D eigenvalue weighted by Gasteiger charge is -2.43. The van der Waals surface area contributed by atoms with Gasteiger partial charge in [-0.05, 0) is 33.6 Å². The minimum absolute atomic E-state index is 0.0683. The average molecular weight is 299 g/mol. The monoisotopic (exact) mass is 299 g/mol. The van der Waals surface area contributed by atoms with Gasteiger partial charge in [0.2, 0.25) is 5.91 Å². The van der Waals surface area contributed by atoms with Gasteiger partial charge in [-0.2, -0.15) is 0 Å². The highest BCUT2D eigenvalue weighted by atomic mass is 16.5. The van der Waals surface area contributed by atoms with Crippen molar-refractivity contribution in [3.05, 3.63) is 0 Å². The van der Waals surface area contributed by atoms with E-state index in [9.17, 15) is 9.59 Å². The molecular formula is C15H29N3O3. The molecule has 0 spiro atoms. The number of hydrogen-bond donors (Lipinski definition) is 2. The van der Waals surface area contributed by atoms with Crippen LogP contribution in [0.3, 0.4) is 0 Å². The smallest absolute Gasteiger partial charge is 0.321 e. The maximum atomic E-state index is 12.2. The first kappa shape index (κ1) is 17.9. The van der Waals surface area contributed by atoms with E-state index in [2.05, 4.69) is 15.5 Å². The third-order valence-corrected chi connectivity index (χ3v) is 3.43. The van der Waals surface area contributed by atoms with Crippen LogP contribution in [0, 0.1) is 5.92 Å². The molecule has 1 aliphatic rings. The predicted molar refractivity (Wildman–Crippen MR) is 82.0 cm³/mol. The Morgan fingerprint density at radius 1 is 1.33 bits per heavy atom. The Bertz CT molecular complexity index is 382. The van der Waals surface area contributed by atoms with Crippen molar-refractivity contribution in [3.63, 3.8) is 0 Å². The Morgan fingerprint density at radius 2 is 1.95 bits per heavy atom. The summed E-state index contributed by atoms with van der Waals surface area (Å²) in [5, 5.41) is 5.08. The zero-order valence-electron chi connectivity index (χ0n) is 14.0. The highest BCUT2D eigenvalue weighted by molar-refractivity contribution is 5.96. The van der Waals surface area contributed by atoms with Crippen LogP contribution < -0.4 is 10.6 Å². The predicted octanol–water partition coefficient (Wildman–Crippen LogP) is 1.36. The third-order valence-electron chi connectivity index (χ3n) is 3.43. The molecule has 0 aromatic carbocycles. The molecule has 6 heteroatoms. The third kappa shape index (κ3) is 6.01. The van der Waals surface area contributed by atoms with Gasteiger partial charge >= 0.3 is 6.03 Å². The van der Waals surface area contributed by atoms with Crippen LogP contribution in [0.25, 0.3) is 0 Å². The second kappa shape index (κ2) is 7.22. The topological polar surface area (TPSA) is 70.7 Å². The highest BCUT2D eigenvalue weighted by Crippen LogP contribution is 2.22. The summed E-state index contributed by atoms with van der Waals surface area (Å²) in [5.41, 5.74) is -0.286. The van der Waals surface area contributed by atoms with E-state index in [0.717, 1.165) is 0 Å². The molecule has 2 N–H and O–H groups in total. The van der Waals surface area contributed by atoms with Gasteiger partial charge in [0.15, 0.2) is 0 Å². The Labute approximate surface area is 127 Å². The lowest BCUT2D eigenvalue weighted by Crippen LogP contribution is -2.58. The first-order chi connectivity index (χ1) is 9.60. The number of rotatable bonds is 4. The maximum absolute atomic E-state index is 12.2. The van der Waals surface area contributed by atoms with Gasteiger partial charge in [-0.1, -0.05) is 13.8 Å². The van der Waals surface area contributed by atoms with Gasteiger partial charge in [-0.3, -0.25) is 15.0 Å². The van der Waals surface area contributed by atoms with Gasteiger partial charge in [0.25, 0.3) is 0 Å². The molecule has 3 amide bonds. The molecule has 0 radical (unpaired) electrons. The summed E-state index contributed by atoms with van der Waals surface area (Å²) in [6.07, 6.45) is 0.0683. The molecule has 0 saturated carbocycles. The first-order valence-corrected chi connectivity index (χ1v) is 7.61. The fraction of sp³-hybridized carbons (Fsp3) is 0.867. The van der Waals surface area contributed by atoms with Gasteiger partial charge < -0.3 is 10.1 Å². The number of hydrogen-bond acceptors (Lipinski definition) is 4. The summed E-state index contributed by atoms with van der Waals surface area (Å²) in [7, 11) is 0. The molecule has 1 rings (SSSR count). The van der Waals surface area contributed by atoms with Gasteiger partial charge in [0, 0.05) is 19.6 Å². The van der Waals surface area contributed by atoms with Gasteiger partial charge in [0.05, 0.1) is 17.7 Å². The van der Waals surface area contributed by atoms with E-state index < -0.39 is 6.03 Å². The van der Waals surface area contributed by atoms with Crippen molar-refractivity contribution in [2.24, 2.45) is 5.92 Å². The van der Waals surface area contributed by atoms with Crippen molar-refractivity contribution in [1.82, 2.24) is 15.5 Å². The Balaban J connectivity index is 2.51. The Hall–Kier alpha value is -1.14. The molecule has 1 fully saturated rings. The molecule has 0 aromatic rings. The van der Waals surface area contributed by atoms with Crippen LogP contribution in [0.2, 0.25) is 0 Å². The second-order valence-electron chi connectivity index (χ2n) is 6.89. The summed E-state index contributed by atoms with van der Waals surface area (Å²) in [6, 6.07) is -0.790. The molecule has 6 nitrogen and oxygen atoms in total. The number of carbonyl (C=O) groups is 2. The van der Waals surface area contributed by atoms with E-state index in [1.165, 1.54) is 0 Å². The standard InChI is InChI=1S/C15H29N3O3/c1-10(2)7-16-14(20)17-13(19)12(4)18-8-11(3)21-15(5,6)9-18/h10-12H,7-9H2,1-6H3,(H2,16,17,19,20). The molecule has 2 atom stereocenters. The van der Waals surface area contributed by atoms with Crippen LogP contribution in [0.5, 0.6) is 0 Å². The van der Waals surface area contributed by atoms with Crippen LogP contribution in [0.15, 0.2) is 0 Å². The summed E-state index contributed by atoms with van der Waals surface area (Å²) >= 11 is 0. The molecule has 0 bridgehead atoms. The van der Waals surface area contributed by atoms with Gasteiger partial charge in [-0.25, -0.2) is 4.79 Å². The van der Waals surface area contributed by atoms with Crippen LogP contribution in [-0.2, 0) is 9.53 Å². The van der Waals surface area contributed by atoms with Gasteiger partial charge in [0.1, 0.15) is 0 Å². The minimum Gasteiger partial charge on any atom is -0.370 e. The van der Waals surface area contributed by atoms with E-state index in [1.54, 1.807) is 0 Å². The van der Waals surface area contributed by atoms with Crippen molar-refractivity contribution in [2.45, 2.75) is 59.3 Å². The first-order valence-electron chi connectivity index (χ1n) is 7.61. The normalized spacial score (nSPS) is 23.7. The second-order valence-corrected chi connectivity index (χ2v) is 6.89. The van der Waals surface area contributed by atoms with E-state index in [1.807, 2.05) is 41.5 Å². The molecule has 21 heavy (non-hydrogen) atoms. The molecule has 0 aromatic heterocycles. The molecule has 0 aliphatic carbocycles. The molecular weight excluding hydrogens is 270 g/mol. The average Bonchev–Trinajstić information content (AvgIpc) is 2.32. The number of morpholine rings is 1. The molecule has 1 aliphatic heterocycles. The van der Waals surface area contributed by atoms with E-state index in [-0.39, 0.29) is 23.7 Å². The summed E-state index contributed by atoms with van der Waals surface area (Å²) < 4.78 is 5.83. The number of urea groups is 1. The number of amides is 3. The van der Waals surface area contributed by atoms with Crippen molar-refractivity contribution >= 4 is 11.9 Å². The fourth-order valence-corrected chi connectivity index (χ4v) is 2.52. The van der Waals surface area contributed by atoms with Crippen LogP contribution in [-0.4, -0.2) is 54.2 Å². The van der Waals surface area contributed by atoms with Gasteiger partial charge in [-0.15, -0.1) is 0 Å². The lowest BCUT2D eigenvalue weighted by molar-refractivity contribution is -0.147. The van der Waals surface area contributed by atoms with Crippen LogP contribution in [0.4, 0.5) is 4.79 Å². The van der Waals surface area contributed by atoms with Crippen LogP contribution >= 0.6 is 0 Å². The van der Waals surface area contributed by atoms with Crippen LogP contribution in [0.1, 0.15) is 41.5 Å². The minimum atomic E-state index is -0.430. The van der Waals surface area contributed by atoms with E-state index in [0.29, 0.717) is 25.6 Å². The summed E-state index contributed by atoms with van der Waals surface area (Å²) in [5.74, 6) is 0.0744. The van der Waals surface area contributed by atoms with E-state index in [4.69, 9.17) is 4.74 Å². The summed E-state index contributed by atoms with van der Waals surface area (Å²) in [6.45, 7) is 13.7. The fourth-order valence-electron chi connectivity index (χ4n) is 2.52. The highest BCUT2D eigenvalue weighted by Gasteiger charge is 2.35. The number of nitrogens with one attached hydrogen (secondary N) is 2. The largest absolute Gasteiger partial charge is 0.370 e. The molecule has 122 valence electrons. The van der Waals surface area contributed by atoms with E-state index >= 15 is 0 Å². The maximum Gasteiger partial charge on any atom is 0.321 e. The van der Waals surface area contributed by atoms with Crippen molar-refractivity contribution < 1.29 is 14.3 Å². The zero-order chi connectivity index (χ0) is 16.2. The number of ether oxygens (including phenoxy) is 1. The number of nitrogens with zero attached hydrogens (tertiary/aromatic N) is 1. The molecule has 2 unspecified atom stereocenters. The zero-order valence-corrected chi connectivity index (χ0v) is 14.0. The quantitative estimate of drug-likeness (QED) is 0.822. The lowest BCUT2D eigenvalue weighted by atomic mass is 10.0. The number of imide groups is 1. The molecule has 1 saturated heterocycles. The SMILES string of the molecule is CC(C)CNC(=O)NC(=O)C(C)N1CC(C)OC(C)(C)C1. The summed E-state index contributed by atoms with van der Waals surface area (Å²) in [4.78, 5) is 25.9. The number of carbonyl (C=O) groups excluding carboxylic acids is 2. The molecule has 1 heterocycles. The Morgan fingerprint density at radius 3 is 2.48 bits per heavy atom.